The molecule has 2 fully saturated rings. The quantitative estimate of drug-likeness (QED) is 0.131. The maximum Gasteiger partial charge on any atom is 0.404 e. The van der Waals surface area contributed by atoms with Gasteiger partial charge in [0.2, 0.25) is 5.76 Å². The highest BCUT2D eigenvalue weighted by Gasteiger charge is 2.52. The Morgan fingerprint density at radius 2 is 1.72 bits per heavy atom. The zero-order chi connectivity index (χ0) is 45.2. The van der Waals surface area contributed by atoms with Crippen LogP contribution in [0.2, 0.25) is 0 Å². The second-order valence-electron chi connectivity index (χ2n) is 17.3. The smallest absolute Gasteiger partial charge is 0.404 e. The molecule has 0 aromatic rings. The number of esters is 1. The standard InChI is InChI=1S/C45H73NO14/c1-13-15-33-27(6)36(57-37-21-32(47)42(31(10)56-37)59-44(46)52)22-45(53,60-33)30(9)40(50)29(8)41-34(54-11)17-14-16-23(2)18-25(4)38(48)28(7)39(49)26(5)19-24(3)20-35(55-12)43(51)58-41/h13-17,19-20,25-34,36-42,47-50,53H,18,21-22H2,1-12H3,(H2,46,52)/b15-13+,17-14+,23-16+,24-19+,35-20-/t25?,26?,27-,28?,29?,30?,31-,32-,33-,34?,36-,37+,38?,39?,40?,41?,42-,45-/m1/s1. The summed E-state index contributed by atoms with van der Waals surface area (Å²) in [6.07, 6.45) is 1.54. The van der Waals surface area contributed by atoms with E-state index in [2.05, 4.69) is 0 Å². The minimum atomic E-state index is -1.97. The third kappa shape index (κ3) is 13.2. The third-order valence-corrected chi connectivity index (χ3v) is 12.5. The molecule has 10 unspecified atom stereocenters. The van der Waals surface area contributed by atoms with Gasteiger partial charge in [0.1, 0.15) is 12.2 Å². The molecule has 60 heavy (non-hydrogen) atoms. The van der Waals surface area contributed by atoms with E-state index >= 15 is 0 Å². The number of amides is 1. The van der Waals surface area contributed by atoms with Gasteiger partial charge in [-0.05, 0) is 46.1 Å². The number of rotatable bonds is 10. The number of primary amides is 1. The van der Waals surface area contributed by atoms with Crippen molar-refractivity contribution >= 4 is 12.1 Å². The highest BCUT2D eigenvalue weighted by atomic mass is 16.7. The molecule has 0 bridgehead atoms. The monoisotopic (exact) mass is 852 g/mol. The van der Waals surface area contributed by atoms with Crippen molar-refractivity contribution in [2.24, 2.45) is 41.2 Å². The van der Waals surface area contributed by atoms with Gasteiger partial charge in [0.15, 0.2) is 18.2 Å². The molecule has 15 nitrogen and oxygen atoms in total. The van der Waals surface area contributed by atoms with Crippen LogP contribution in [-0.4, -0.2) is 125 Å². The van der Waals surface area contributed by atoms with Gasteiger partial charge < -0.3 is 64.4 Å². The molecule has 0 saturated carbocycles. The van der Waals surface area contributed by atoms with E-state index in [1.807, 2.05) is 47.6 Å². The Hall–Kier alpha value is -3.12. The molecule has 3 aliphatic heterocycles. The number of aliphatic hydroxyl groups excluding tert-OH is 4. The van der Waals surface area contributed by atoms with Gasteiger partial charge in [0.05, 0.1) is 49.8 Å². The molecule has 0 aromatic carbocycles. The fraction of sp³-hybridized carbons (Fsp3) is 0.733. The van der Waals surface area contributed by atoms with Crippen LogP contribution in [0.3, 0.4) is 0 Å². The van der Waals surface area contributed by atoms with Gasteiger partial charge in [0, 0.05) is 49.5 Å². The van der Waals surface area contributed by atoms with Crippen molar-refractivity contribution in [2.75, 3.05) is 14.2 Å². The average molecular weight is 852 g/mol. The molecule has 0 aliphatic carbocycles. The molecule has 18 atom stereocenters. The summed E-state index contributed by atoms with van der Waals surface area (Å²) in [6, 6.07) is 0. The minimum Gasteiger partial charge on any atom is -0.490 e. The largest absolute Gasteiger partial charge is 0.490 e. The van der Waals surface area contributed by atoms with Gasteiger partial charge >= 0.3 is 12.1 Å². The van der Waals surface area contributed by atoms with Crippen LogP contribution < -0.4 is 5.73 Å². The maximum absolute atomic E-state index is 13.9. The van der Waals surface area contributed by atoms with Crippen LogP contribution in [0.1, 0.15) is 88.5 Å². The Morgan fingerprint density at radius 1 is 1.05 bits per heavy atom. The second-order valence-corrected chi connectivity index (χ2v) is 17.3. The summed E-state index contributed by atoms with van der Waals surface area (Å²) >= 11 is 0. The fourth-order valence-corrected chi connectivity index (χ4v) is 8.64. The van der Waals surface area contributed by atoms with Crippen molar-refractivity contribution in [1.82, 2.24) is 0 Å². The van der Waals surface area contributed by atoms with Crippen LogP contribution in [0.15, 0.2) is 59.4 Å². The average Bonchev–Trinajstić information content (AvgIpc) is 3.18. The Morgan fingerprint density at radius 3 is 2.30 bits per heavy atom. The van der Waals surface area contributed by atoms with Gasteiger partial charge in [-0.25, -0.2) is 9.59 Å². The summed E-state index contributed by atoms with van der Waals surface area (Å²) in [5.74, 6) is -6.06. The Bertz CT molecular complexity index is 1550. The number of carbonyl (C=O) groups is 2. The summed E-state index contributed by atoms with van der Waals surface area (Å²) in [7, 11) is 2.80. The first-order valence-electron chi connectivity index (χ1n) is 21.1. The van der Waals surface area contributed by atoms with E-state index in [-0.39, 0.29) is 36.4 Å². The van der Waals surface area contributed by atoms with Gasteiger partial charge in [-0.2, -0.15) is 0 Å². The molecule has 2 saturated heterocycles. The lowest BCUT2D eigenvalue weighted by molar-refractivity contribution is -0.338. The topological polar surface area (TPSA) is 226 Å². The second kappa shape index (κ2) is 22.8. The van der Waals surface area contributed by atoms with Crippen LogP contribution in [0, 0.1) is 35.5 Å². The molecule has 0 spiro atoms. The minimum absolute atomic E-state index is 0.0314. The zero-order valence-corrected chi connectivity index (χ0v) is 37.5. The number of cyclic esters (lactones) is 1. The van der Waals surface area contributed by atoms with E-state index in [9.17, 15) is 35.1 Å². The summed E-state index contributed by atoms with van der Waals surface area (Å²) in [4.78, 5) is 25.3. The van der Waals surface area contributed by atoms with E-state index < -0.39 is 103 Å². The Balaban J connectivity index is 1.99. The van der Waals surface area contributed by atoms with Crippen molar-refractivity contribution in [3.63, 3.8) is 0 Å². The van der Waals surface area contributed by atoms with Crippen molar-refractivity contribution in [3.05, 3.63) is 59.4 Å². The molecule has 7 N–H and O–H groups in total. The number of hydrogen-bond donors (Lipinski definition) is 6. The SMILES string of the molecule is C/C=C/[C@H]1O[C@@](O)(C(C)C(O)C(C)C2OC(=O)/C(OC)=C/C(C)=C/C(C)C(O)C(C)C(O)C(C)C/C(C)=C/C=C/C2OC)C[C@@H](O[C@H]2C[C@@H](O)[C@H](OC(N)=O)[C@@H](C)O2)[C@@H]1C. The van der Waals surface area contributed by atoms with E-state index in [0.717, 1.165) is 5.57 Å². The predicted octanol–water partition coefficient (Wildman–Crippen LogP) is 4.59. The van der Waals surface area contributed by atoms with Crippen LogP contribution in [0.5, 0.6) is 0 Å². The van der Waals surface area contributed by atoms with E-state index in [1.165, 1.54) is 20.3 Å². The van der Waals surface area contributed by atoms with Gasteiger partial charge in [-0.3, -0.25) is 0 Å². The molecule has 342 valence electrons. The molecule has 3 heterocycles. The molecule has 3 aliphatic rings. The van der Waals surface area contributed by atoms with Crippen molar-refractivity contribution < 1.29 is 68.3 Å². The number of ether oxygens (including phenoxy) is 7. The lowest BCUT2D eigenvalue weighted by atomic mass is 9.77. The maximum atomic E-state index is 13.9. The van der Waals surface area contributed by atoms with Crippen molar-refractivity contribution in [1.29, 1.82) is 0 Å². The number of allylic oxidation sites excluding steroid dienone is 6. The lowest BCUT2D eigenvalue weighted by Gasteiger charge is -2.49. The first kappa shape index (κ1) is 51.2. The van der Waals surface area contributed by atoms with Crippen molar-refractivity contribution in [2.45, 2.75) is 162 Å². The summed E-state index contributed by atoms with van der Waals surface area (Å²) in [6.45, 7) is 18.0. The zero-order valence-electron chi connectivity index (χ0n) is 37.5. The number of methoxy groups -OCH3 is 2. The highest BCUT2D eigenvalue weighted by molar-refractivity contribution is 5.87. The first-order chi connectivity index (χ1) is 28.1. The van der Waals surface area contributed by atoms with Crippen LogP contribution in [-0.2, 0) is 38.0 Å². The first-order valence-corrected chi connectivity index (χ1v) is 21.1. The normalized spacial score (nSPS) is 42.7. The molecule has 0 radical (unpaired) electrons. The summed E-state index contributed by atoms with van der Waals surface area (Å²) in [5.41, 5.74) is 6.76. The number of hydrogen-bond acceptors (Lipinski definition) is 14. The van der Waals surface area contributed by atoms with Crippen LogP contribution in [0.4, 0.5) is 4.79 Å². The van der Waals surface area contributed by atoms with Crippen LogP contribution in [0.25, 0.3) is 0 Å². The highest BCUT2D eigenvalue weighted by Crippen LogP contribution is 2.42. The third-order valence-electron chi connectivity index (χ3n) is 12.5. The molecular weight excluding hydrogens is 778 g/mol. The molecular formula is C45H73NO14. The van der Waals surface area contributed by atoms with Gasteiger partial charge in [0.25, 0.3) is 0 Å². The van der Waals surface area contributed by atoms with E-state index in [0.29, 0.717) is 12.0 Å². The fourth-order valence-electron chi connectivity index (χ4n) is 8.64. The van der Waals surface area contributed by atoms with Gasteiger partial charge in [-0.1, -0.05) is 89.1 Å². The summed E-state index contributed by atoms with van der Waals surface area (Å²) in [5, 5.41) is 57.6. The van der Waals surface area contributed by atoms with Gasteiger partial charge in [-0.15, -0.1) is 0 Å². The number of aliphatic hydroxyl groups is 5. The Kier molecular flexibility index (Phi) is 19.5. The van der Waals surface area contributed by atoms with E-state index in [4.69, 9.17) is 38.9 Å². The molecule has 1 amide bonds. The molecule has 15 heteroatoms. The molecule has 0 aromatic heterocycles. The lowest BCUT2D eigenvalue weighted by Crippen LogP contribution is -2.59. The van der Waals surface area contributed by atoms with Crippen LogP contribution >= 0.6 is 0 Å². The summed E-state index contributed by atoms with van der Waals surface area (Å²) < 4.78 is 41.3. The van der Waals surface area contributed by atoms with Crippen molar-refractivity contribution in [3.8, 4) is 0 Å². The Labute approximate surface area is 356 Å². The number of carbonyl (C=O) groups excluding carboxylic acids is 2. The predicted molar refractivity (Wildman–Crippen MR) is 224 cm³/mol. The van der Waals surface area contributed by atoms with E-state index in [1.54, 1.807) is 58.1 Å². The number of nitrogens with two attached hydrogens (primary N) is 1. The molecule has 3 rings (SSSR count).